The van der Waals surface area contributed by atoms with Crippen molar-refractivity contribution in [1.82, 2.24) is 5.32 Å². The molecule has 0 atom stereocenters. The van der Waals surface area contributed by atoms with Crippen LogP contribution in [-0.2, 0) is 9.59 Å². The SMILES string of the molecule is C=CCNCC(=O)Nc1ccc(NC(C)=O)c(C)c1. The van der Waals surface area contributed by atoms with Crippen LogP contribution >= 0.6 is 0 Å². The first kappa shape index (κ1) is 14.9. The van der Waals surface area contributed by atoms with Crippen molar-refractivity contribution in [2.75, 3.05) is 23.7 Å². The normalized spacial score (nSPS) is 9.79. The summed E-state index contributed by atoms with van der Waals surface area (Å²) in [5, 5.41) is 8.41. The van der Waals surface area contributed by atoms with Crippen LogP contribution in [0.2, 0.25) is 0 Å². The Labute approximate surface area is 113 Å². The molecule has 2 amide bonds. The Morgan fingerprint density at radius 3 is 2.63 bits per heavy atom. The van der Waals surface area contributed by atoms with Crippen LogP contribution in [0, 0.1) is 6.92 Å². The Morgan fingerprint density at radius 1 is 1.32 bits per heavy atom. The zero-order valence-corrected chi connectivity index (χ0v) is 11.2. The third-order valence-corrected chi connectivity index (χ3v) is 2.40. The molecule has 0 spiro atoms. The minimum atomic E-state index is -0.117. The number of hydrogen-bond donors (Lipinski definition) is 3. The summed E-state index contributed by atoms with van der Waals surface area (Å²) >= 11 is 0. The quantitative estimate of drug-likeness (QED) is 0.539. The lowest BCUT2D eigenvalue weighted by Gasteiger charge is -2.10. The van der Waals surface area contributed by atoms with Crippen LogP contribution < -0.4 is 16.0 Å². The van der Waals surface area contributed by atoms with Gasteiger partial charge in [-0.1, -0.05) is 6.08 Å². The van der Waals surface area contributed by atoms with E-state index in [4.69, 9.17) is 0 Å². The zero-order chi connectivity index (χ0) is 14.3. The van der Waals surface area contributed by atoms with Crippen molar-refractivity contribution in [1.29, 1.82) is 0 Å². The predicted molar refractivity (Wildman–Crippen MR) is 77.2 cm³/mol. The second kappa shape index (κ2) is 7.33. The number of amides is 2. The minimum absolute atomic E-state index is 0.117. The lowest BCUT2D eigenvalue weighted by Crippen LogP contribution is -2.28. The molecule has 0 heterocycles. The molecule has 1 aromatic carbocycles. The van der Waals surface area contributed by atoms with E-state index in [1.807, 2.05) is 13.0 Å². The molecular formula is C14H19N3O2. The molecule has 1 aromatic rings. The summed E-state index contributed by atoms with van der Waals surface area (Å²) in [4.78, 5) is 22.6. The average Bonchev–Trinajstić information content (AvgIpc) is 2.32. The fraction of sp³-hybridized carbons (Fsp3) is 0.286. The van der Waals surface area contributed by atoms with Gasteiger partial charge in [0.25, 0.3) is 0 Å². The van der Waals surface area contributed by atoms with Crippen LogP contribution in [0.5, 0.6) is 0 Å². The summed E-state index contributed by atoms with van der Waals surface area (Å²) in [5.41, 5.74) is 2.35. The molecule has 0 aliphatic heterocycles. The van der Waals surface area contributed by atoms with Crippen LogP contribution in [0.4, 0.5) is 11.4 Å². The highest BCUT2D eigenvalue weighted by Crippen LogP contribution is 2.19. The number of carbonyl (C=O) groups excluding carboxylic acids is 2. The summed E-state index contributed by atoms with van der Waals surface area (Å²) < 4.78 is 0. The molecule has 3 N–H and O–H groups in total. The van der Waals surface area contributed by atoms with Gasteiger partial charge in [0.15, 0.2) is 0 Å². The number of aryl methyl sites for hydroxylation is 1. The molecule has 0 unspecified atom stereocenters. The summed E-state index contributed by atoms with van der Waals surface area (Å²) in [6.07, 6.45) is 1.69. The van der Waals surface area contributed by atoms with Gasteiger partial charge in [-0.3, -0.25) is 9.59 Å². The second-order valence-corrected chi connectivity index (χ2v) is 4.18. The van der Waals surface area contributed by atoms with Crippen LogP contribution in [0.25, 0.3) is 0 Å². The first-order chi connectivity index (χ1) is 9.02. The van der Waals surface area contributed by atoms with E-state index in [0.717, 1.165) is 11.3 Å². The lowest BCUT2D eigenvalue weighted by atomic mass is 10.1. The van der Waals surface area contributed by atoms with Crippen LogP contribution in [-0.4, -0.2) is 24.9 Å². The highest BCUT2D eigenvalue weighted by Gasteiger charge is 2.04. The Kier molecular flexibility index (Phi) is 5.75. The van der Waals surface area contributed by atoms with E-state index in [0.29, 0.717) is 12.2 Å². The van der Waals surface area contributed by atoms with Crippen molar-refractivity contribution in [3.8, 4) is 0 Å². The molecule has 0 bridgehead atoms. The van der Waals surface area contributed by atoms with Crippen molar-refractivity contribution in [3.63, 3.8) is 0 Å². The number of benzene rings is 1. The van der Waals surface area contributed by atoms with E-state index < -0.39 is 0 Å². The smallest absolute Gasteiger partial charge is 0.238 e. The average molecular weight is 261 g/mol. The Hall–Kier alpha value is -2.14. The van der Waals surface area contributed by atoms with Gasteiger partial charge in [-0.15, -0.1) is 6.58 Å². The maximum Gasteiger partial charge on any atom is 0.238 e. The van der Waals surface area contributed by atoms with Crippen molar-refractivity contribution in [3.05, 3.63) is 36.4 Å². The maximum atomic E-state index is 11.6. The van der Waals surface area contributed by atoms with Gasteiger partial charge in [-0.2, -0.15) is 0 Å². The van der Waals surface area contributed by atoms with E-state index in [-0.39, 0.29) is 18.4 Å². The summed E-state index contributed by atoms with van der Waals surface area (Å²) in [5.74, 6) is -0.234. The second-order valence-electron chi connectivity index (χ2n) is 4.18. The van der Waals surface area contributed by atoms with E-state index >= 15 is 0 Å². The molecule has 0 saturated carbocycles. The fourth-order valence-electron chi connectivity index (χ4n) is 1.56. The molecule has 0 aliphatic rings. The number of anilines is 2. The first-order valence-corrected chi connectivity index (χ1v) is 6.02. The molecule has 0 aliphatic carbocycles. The lowest BCUT2D eigenvalue weighted by molar-refractivity contribution is -0.115. The monoisotopic (exact) mass is 261 g/mol. The first-order valence-electron chi connectivity index (χ1n) is 6.02. The molecule has 5 heteroatoms. The summed E-state index contributed by atoms with van der Waals surface area (Å²) in [7, 11) is 0. The third kappa shape index (κ3) is 5.35. The maximum absolute atomic E-state index is 11.6. The minimum Gasteiger partial charge on any atom is -0.326 e. The molecule has 1 rings (SSSR count). The van der Waals surface area contributed by atoms with Gasteiger partial charge in [-0.25, -0.2) is 0 Å². The van der Waals surface area contributed by atoms with Crippen molar-refractivity contribution >= 4 is 23.2 Å². The molecule has 0 aromatic heterocycles. The van der Waals surface area contributed by atoms with E-state index in [2.05, 4.69) is 22.5 Å². The molecule has 0 fully saturated rings. The van der Waals surface area contributed by atoms with Crippen molar-refractivity contribution in [2.24, 2.45) is 0 Å². The van der Waals surface area contributed by atoms with E-state index in [1.54, 1.807) is 18.2 Å². The van der Waals surface area contributed by atoms with Gasteiger partial charge in [-0.05, 0) is 30.7 Å². The van der Waals surface area contributed by atoms with Crippen LogP contribution in [0.3, 0.4) is 0 Å². The molecule has 19 heavy (non-hydrogen) atoms. The summed E-state index contributed by atoms with van der Waals surface area (Å²) in [6.45, 7) is 7.71. The van der Waals surface area contributed by atoms with Gasteiger partial charge in [0.05, 0.1) is 6.54 Å². The van der Waals surface area contributed by atoms with Gasteiger partial charge in [0.2, 0.25) is 11.8 Å². The highest BCUT2D eigenvalue weighted by molar-refractivity contribution is 5.93. The van der Waals surface area contributed by atoms with Crippen molar-refractivity contribution < 1.29 is 9.59 Å². The van der Waals surface area contributed by atoms with Gasteiger partial charge in [0, 0.05) is 24.8 Å². The number of hydrogen-bond acceptors (Lipinski definition) is 3. The molecule has 5 nitrogen and oxygen atoms in total. The third-order valence-electron chi connectivity index (χ3n) is 2.40. The van der Waals surface area contributed by atoms with E-state index in [1.165, 1.54) is 6.92 Å². The Balaban J connectivity index is 2.60. The highest BCUT2D eigenvalue weighted by atomic mass is 16.2. The largest absolute Gasteiger partial charge is 0.326 e. The van der Waals surface area contributed by atoms with Crippen LogP contribution in [0.1, 0.15) is 12.5 Å². The van der Waals surface area contributed by atoms with Gasteiger partial charge < -0.3 is 16.0 Å². The summed E-state index contributed by atoms with van der Waals surface area (Å²) in [6, 6.07) is 5.34. The molecular weight excluding hydrogens is 242 g/mol. The van der Waals surface area contributed by atoms with Gasteiger partial charge >= 0.3 is 0 Å². The number of nitrogens with one attached hydrogen (secondary N) is 3. The molecule has 102 valence electrons. The predicted octanol–water partition coefficient (Wildman–Crippen LogP) is 1.67. The van der Waals surface area contributed by atoms with Crippen LogP contribution in [0.15, 0.2) is 30.9 Å². The standard InChI is InChI=1S/C14H19N3O2/c1-4-7-15-9-14(19)17-12-5-6-13(10(2)8-12)16-11(3)18/h4-6,8,15H,1,7,9H2,2-3H3,(H,16,18)(H,17,19). The van der Waals surface area contributed by atoms with Crippen molar-refractivity contribution in [2.45, 2.75) is 13.8 Å². The zero-order valence-electron chi connectivity index (χ0n) is 11.2. The number of carbonyl (C=O) groups is 2. The topological polar surface area (TPSA) is 70.2 Å². The molecule has 0 radical (unpaired) electrons. The Bertz CT molecular complexity index is 484. The fourth-order valence-corrected chi connectivity index (χ4v) is 1.56. The van der Waals surface area contributed by atoms with Gasteiger partial charge in [0.1, 0.15) is 0 Å². The Morgan fingerprint density at radius 2 is 2.05 bits per heavy atom. The molecule has 0 saturated heterocycles. The number of rotatable bonds is 6. The van der Waals surface area contributed by atoms with E-state index in [9.17, 15) is 9.59 Å².